The lowest BCUT2D eigenvalue weighted by Gasteiger charge is -2.15. The first kappa shape index (κ1) is 21.0. The van der Waals surface area contributed by atoms with Crippen LogP contribution in [0, 0.1) is 0 Å². The van der Waals surface area contributed by atoms with Crippen molar-refractivity contribution in [1.29, 1.82) is 0 Å². The first-order chi connectivity index (χ1) is 13.4. The highest BCUT2D eigenvalue weighted by Crippen LogP contribution is 2.41. The number of carbonyl (C=O) groups excluding carboxylic acids is 1. The van der Waals surface area contributed by atoms with Crippen LogP contribution in [0.5, 0.6) is 17.2 Å². The molecular weight excluding hydrogens is 486 g/mol. The van der Waals surface area contributed by atoms with E-state index in [4.69, 9.17) is 38.0 Å². The zero-order valence-electron chi connectivity index (χ0n) is 15.1. The molecule has 1 heterocycles. The molecule has 28 heavy (non-hydrogen) atoms. The van der Waals surface area contributed by atoms with Crippen LogP contribution in [0.1, 0.15) is 5.56 Å². The fraction of sp³-hybridized carbons (Fsp3) is 0.158. The van der Waals surface area contributed by atoms with Crippen molar-refractivity contribution in [2.75, 3.05) is 26.2 Å². The van der Waals surface area contributed by atoms with Gasteiger partial charge in [0.2, 0.25) is 5.75 Å². The molecule has 1 saturated heterocycles. The largest absolute Gasteiger partial charge is 0.493 e. The number of benzene rings is 2. The van der Waals surface area contributed by atoms with Crippen molar-refractivity contribution < 1.29 is 19.0 Å². The molecule has 1 amide bonds. The second kappa shape index (κ2) is 8.73. The number of rotatable bonds is 5. The minimum absolute atomic E-state index is 0.220. The Morgan fingerprint density at radius 3 is 2.29 bits per heavy atom. The van der Waals surface area contributed by atoms with Gasteiger partial charge in [-0.3, -0.25) is 9.69 Å². The van der Waals surface area contributed by atoms with Crippen LogP contribution < -0.4 is 19.1 Å². The average molecular weight is 501 g/mol. The van der Waals surface area contributed by atoms with Crippen molar-refractivity contribution in [3.8, 4) is 17.2 Å². The summed E-state index contributed by atoms with van der Waals surface area (Å²) >= 11 is 16.1. The summed E-state index contributed by atoms with van der Waals surface area (Å²) in [5.41, 5.74) is 1.34. The van der Waals surface area contributed by atoms with E-state index in [1.54, 1.807) is 36.4 Å². The van der Waals surface area contributed by atoms with Gasteiger partial charge in [0, 0.05) is 4.47 Å². The van der Waals surface area contributed by atoms with E-state index in [2.05, 4.69) is 15.9 Å². The molecule has 1 aliphatic heterocycles. The number of halogens is 2. The highest BCUT2D eigenvalue weighted by Gasteiger charge is 2.33. The number of ether oxygens (including phenoxy) is 3. The third-order valence-corrected chi connectivity index (χ3v) is 6.47. The molecular formula is C19H15BrClNO4S2. The summed E-state index contributed by atoms with van der Waals surface area (Å²) < 4.78 is 17.2. The maximum atomic E-state index is 13.0. The summed E-state index contributed by atoms with van der Waals surface area (Å²) in [7, 11) is 4.62. The number of thioether (sulfide) groups is 1. The van der Waals surface area contributed by atoms with Crippen molar-refractivity contribution in [2.45, 2.75) is 0 Å². The molecule has 146 valence electrons. The fourth-order valence-electron chi connectivity index (χ4n) is 2.65. The van der Waals surface area contributed by atoms with E-state index in [9.17, 15) is 4.79 Å². The van der Waals surface area contributed by atoms with Crippen LogP contribution in [-0.4, -0.2) is 31.6 Å². The Balaban J connectivity index is 1.99. The molecule has 9 heteroatoms. The molecule has 2 aromatic rings. The maximum absolute atomic E-state index is 13.0. The predicted molar refractivity (Wildman–Crippen MR) is 121 cm³/mol. The van der Waals surface area contributed by atoms with Crippen LogP contribution in [-0.2, 0) is 4.79 Å². The summed E-state index contributed by atoms with van der Waals surface area (Å²) in [6, 6.07) is 8.79. The van der Waals surface area contributed by atoms with E-state index in [1.165, 1.54) is 38.0 Å². The summed E-state index contributed by atoms with van der Waals surface area (Å²) in [4.78, 5) is 14.9. The molecule has 1 aliphatic rings. The van der Waals surface area contributed by atoms with Gasteiger partial charge in [-0.15, -0.1) is 0 Å². The Kier molecular flexibility index (Phi) is 6.54. The molecule has 0 bridgehead atoms. The van der Waals surface area contributed by atoms with Crippen molar-refractivity contribution in [3.63, 3.8) is 0 Å². The molecule has 0 aliphatic carbocycles. The van der Waals surface area contributed by atoms with Crippen LogP contribution in [0.15, 0.2) is 39.7 Å². The Morgan fingerprint density at radius 1 is 1.11 bits per heavy atom. The number of nitrogens with zero attached hydrogens (tertiary/aromatic N) is 1. The first-order valence-electron chi connectivity index (χ1n) is 7.92. The summed E-state index contributed by atoms with van der Waals surface area (Å²) in [6.45, 7) is 0. The lowest BCUT2D eigenvalue weighted by molar-refractivity contribution is -0.113. The highest BCUT2D eigenvalue weighted by molar-refractivity contribution is 9.10. The van der Waals surface area contributed by atoms with Crippen molar-refractivity contribution in [2.24, 2.45) is 0 Å². The molecule has 0 radical (unpaired) electrons. The lowest BCUT2D eigenvalue weighted by atomic mass is 10.1. The average Bonchev–Trinajstić information content (AvgIpc) is 2.96. The molecule has 1 fully saturated rings. The van der Waals surface area contributed by atoms with Gasteiger partial charge in [-0.25, -0.2) is 0 Å². The molecule has 2 aromatic carbocycles. The Hall–Kier alpha value is -1.74. The van der Waals surface area contributed by atoms with Gasteiger partial charge in [-0.2, -0.15) is 0 Å². The van der Waals surface area contributed by atoms with Gasteiger partial charge in [0.15, 0.2) is 15.8 Å². The highest BCUT2D eigenvalue weighted by atomic mass is 79.9. The number of anilines is 1. The third-order valence-electron chi connectivity index (χ3n) is 3.94. The van der Waals surface area contributed by atoms with Gasteiger partial charge in [0.05, 0.1) is 36.9 Å². The molecule has 0 spiro atoms. The zero-order valence-corrected chi connectivity index (χ0v) is 19.1. The van der Waals surface area contributed by atoms with E-state index in [-0.39, 0.29) is 5.91 Å². The Morgan fingerprint density at radius 2 is 1.75 bits per heavy atom. The van der Waals surface area contributed by atoms with E-state index in [0.717, 1.165) is 10.0 Å². The number of thiocarbonyl (C=S) groups is 1. The lowest BCUT2D eigenvalue weighted by Crippen LogP contribution is -2.27. The number of hydrogen-bond acceptors (Lipinski definition) is 6. The Bertz CT molecular complexity index is 971. The second-order valence-electron chi connectivity index (χ2n) is 5.57. The van der Waals surface area contributed by atoms with Gasteiger partial charge in [-0.1, -0.05) is 35.6 Å². The molecule has 0 saturated carbocycles. The van der Waals surface area contributed by atoms with Crippen LogP contribution in [0.4, 0.5) is 5.69 Å². The van der Waals surface area contributed by atoms with E-state index >= 15 is 0 Å². The fourth-order valence-corrected chi connectivity index (χ4v) is 4.37. The zero-order chi connectivity index (χ0) is 20.4. The number of hydrogen-bond donors (Lipinski definition) is 0. The second-order valence-corrected chi connectivity index (χ2v) is 8.51. The van der Waals surface area contributed by atoms with Crippen LogP contribution in [0.2, 0.25) is 5.02 Å². The minimum Gasteiger partial charge on any atom is -0.493 e. The van der Waals surface area contributed by atoms with Crippen molar-refractivity contribution in [1.82, 2.24) is 0 Å². The van der Waals surface area contributed by atoms with Crippen molar-refractivity contribution in [3.05, 3.63) is 50.3 Å². The van der Waals surface area contributed by atoms with Gasteiger partial charge >= 0.3 is 0 Å². The molecule has 0 atom stereocenters. The van der Waals surface area contributed by atoms with Gasteiger partial charge < -0.3 is 14.2 Å². The maximum Gasteiger partial charge on any atom is 0.270 e. The normalized spacial score (nSPS) is 15.3. The number of amides is 1. The van der Waals surface area contributed by atoms with E-state index in [0.29, 0.717) is 37.2 Å². The number of carbonyl (C=O) groups is 1. The SMILES string of the molecule is COc1cc(/C=C2/SC(=S)N(c3ccc(Br)c(Cl)c3)C2=O)cc(OC)c1OC. The van der Waals surface area contributed by atoms with Gasteiger partial charge in [-0.05, 0) is 57.9 Å². The smallest absolute Gasteiger partial charge is 0.270 e. The quantitative estimate of drug-likeness (QED) is 0.397. The van der Waals surface area contributed by atoms with Crippen LogP contribution >= 0.6 is 51.5 Å². The summed E-state index contributed by atoms with van der Waals surface area (Å²) in [5.74, 6) is 1.27. The van der Waals surface area contributed by atoms with Gasteiger partial charge in [0.1, 0.15) is 0 Å². The Labute approximate surface area is 185 Å². The summed E-state index contributed by atoms with van der Waals surface area (Å²) in [5, 5.41) is 0.500. The first-order valence-corrected chi connectivity index (χ1v) is 10.3. The minimum atomic E-state index is -0.220. The van der Waals surface area contributed by atoms with Crippen molar-refractivity contribution >= 4 is 73.5 Å². The monoisotopic (exact) mass is 499 g/mol. The van der Waals surface area contributed by atoms with Gasteiger partial charge in [0.25, 0.3) is 5.91 Å². The topological polar surface area (TPSA) is 48.0 Å². The third kappa shape index (κ3) is 4.00. The van der Waals surface area contributed by atoms with Crippen LogP contribution in [0.25, 0.3) is 6.08 Å². The molecule has 0 unspecified atom stereocenters. The number of methoxy groups -OCH3 is 3. The molecule has 3 rings (SSSR count). The van der Waals surface area contributed by atoms with Crippen LogP contribution in [0.3, 0.4) is 0 Å². The molecule has 5 nitrogen and oxygen atoms in total. The van der Waals surface area contributed by atoms with E-state index in [1.807, 2.05) is 0 Å². The predicted octanol–water partition coefficient (Wildman–Crippen LogP) is 5.53. The summed E-state index contributed by atoms with van der Waals surface area (Å²) in [6.07, 6.45) is 1.74. The van der Waals surface area contributed by atoms with E-state index < -0.39 is 0 Å². The molecule has 0 N–H and O–H groups in total. The standard InChI is InChI=1S/C19H15BrClNO4S2/c1-24-14-6-10(7-15(25-2)17(14)26-3)8-16-18(23)22(19(27)28-16)11-4-5-12(20)13(21)9-11/h4-9H,1-3H3/b16-8+. The molecule has 0 aromatic heterocycles.